The van der Waals surface area contributed by atoms with Gasteiger partial charge in [0.2, 0.25) is 5.78 Å². The molecule has 5 rings (SSSR count). The van der Waals surface area contributed by atoms with Crippen molar-refractivity contribution in [2.45, 2.75) is 13.5 Å². The Kier molecular flexibility index (Phi) is 5.40. The number of carbonyl (C=O) groups excluding carboxylic acids is 1. The maximum Gasteiger partial charge on any atom is 0.228 e. The summed E-state index contributed by atoms with van der Waals surface area (Å²) in [5, 5.41) is 4.99. The van der Waals surface area contributed by atoms with E-state index in [0.717, 1.165) is 28.0 Å². The molecular formula is C27H21NO5. The zero-order valence-corrected chi connectivity index (χ0v) is 18.2. The van der Waals surface area contributed by atoms with Gasteiger partial charge in [-0.15, -0.1) is 0 Å². The Morgan fingerprint density at radius 3 is 2.45 bits per heavy atom. The number of methoxy groups -OCH3 is 1. The van der Waals surface area contributed by atoms with Crippen LogP contribution in [0.1, 0.15) is 27.4 Å². The average Bonchev–Trinajstić information content (AvgIpc) is 3.47. The second-order valence-corrected chi connectivity index (χ2v) is 7.60. The summed E-state index contributed by atoms with van der Waals surface area (Å²) in [4.78, 5) is 12.8. The number of fused-ring (bicyclic) bond motifs is 1. The molecule has 0 N–H and O–H groups in total. The summed E-state index contributed by atoms with van der Waals surface area (Å²) in [5.74, 6) is 2.18. The molecule has 5 aromatic rings. The van der Waals surface area contributed by atoms with E-state index in [1.807, 2.05) is 67.6 Å². The predicted octanol–water partition coefficient (Wildman–Crippen LogP) is 6.21. The molecule has 2 aromatic heterocycles. The molecule has 33 heavy (non-hydrogen) atoms. The third-order valence-electron chi connectivity index (χ3n) is 5.48. The van der Waals surface area contributed by atoms with E-state index >= 15 is 0 Å². The minimum atomic E-state index is -0.139. The Bertz CT molecular complexity index is 1410. The fourth-order valence-corrected chi connectivity index (χ4v) is 3.67. The lowest BCUT2D eigenvalue weighted by molar-refractivity contribution is 0.101. The molecule has 0 spiro atoms. The minimum absolute atomic E-state index is 0.139. The number of ether oxygens (including phenoxy) is 2. The van der Waals surface area contributed by atoms with E-state index in [2.05, 4.69) is 5.16 Å². The van der Waals surface area contributed by atoms with Crippen molar-refractivity contribution in [3.8, 4) is 22.8 Å². The van der Waals surface area contributed by atoms with Gasteiger partial charge in [0.1, 0.15) is 29.4 Å². The lowest BCUT2D eigenvalue weighted by Gasteiger charge is -2.03. The highest BCUT2D eigenvalue weighted by Gasteiger charge is 2.19. The highest BCUT2D eigenvalue weighted by atomic mass is 16.5. The normalized spacial score (nSPS) is 11.0. The van der Waals surface area contributed by atoms with Gasteiger partial charge in [-0.2, -0.15) is 0 Å². The van der Waals surface area contributed by atoms with Crippen molar-refractivity contribution in [3.05, 3.63) is 102 Å². The number of rotatable bonds is 7. The van der Waals surface area contributed by atoms with Crippen LogP contribution in [0.15, 0.2) is 87.8 Å². The zero-order chi connectivity index (χ0) is 22.8. The minimum Gasteiger partial charge on any atom is -0.497 e. The van der Waals surface area contributed by atoms with Crippen molar-refractivity contribution in [2.24, 2.45) is 0 Å². The first kappa shape index (κ1) is 20.6. The molecule has 0 saturated carbocycles. The number of hydrogen-bond donors (Lipinski definition) is 0. The second kappa shape index (κ2) is 8.67. The van der Waals surface area contributed by atoms with E-state index in [9.17, 15) is 4.79 Å². The highest BCUT2D eigenvalue weighted by molar-refractivity contribution is 6.10. The SMILES string of the molecule is COc1ccc(-c2cc(COc3ccc4c(C)c(C(=O)c5ccccc5)oc4c3)on2)cc1. The van der Waals surface area contributed by atoms with Crippen LogP contribution in [0.4, 0.5) is 0 Å². The summed E-state index contributed by atoms with van der Waals surface area (Å²) in [5.41, 5.74) is 3.64. The molecule has 0 aliphatic carbocycles. The molecule has 0 amide bonds. The molecular weight excluding hydrogens is 418 g/mol. The Morgan fingerprint density at radius 2 is 1.70 bits per heavy atom. The predicted molar refractivity (Wildman–Crippen MR) is 124 cm³/mol. The van der Waals surface area contributed by atoms with Gasteiger partial charge in [-0.25, -0.2) is 0 Å². The molecule has 3 aromatic carbocycles. The maximum atomic E-state index is 12.8. The van der Waals surface area contributed by atoms with Gasteiger partial charge < -0.3 is 18.4 Å². The highest BCUT2D eigenvalue weighted by Crippen LogP contribution is 2.30. The quantitative estimate of drug-likeness (QED) is 0.281. The number of nitrogens with zero attached hydrogens (tertiary/aromatic N) is 1. The first-order valence-electron chi connectivity index (χ1n) is 10.5. The lowest BCUT2D eigenvalue weighted by atomic mass is 10.0. The Labute approximate surface area is 190 Å². The smallest absolute Gasteiger partial charge is 0.228 e. The van der Waals surface area contributed by atoms with Crippen molar-refractivity contribution in [1.82, 2.24) is 5.16 Å². The molecule has 0 aliphatic rings. The standard InChI is InChI=1S/C27H21NO5/c1-17-23-13-12-21(15-25(23)32-27(17)26(29)19-6-4-3-5-7-19)31-16-22-14-24(28-33-22)18-8-10-20(30-2)11-9-18/h3-15H,16H2,1-2H3. The summed E-state index contributed by atoms with van der Waals surface area (Å²) in [6, 6.07) is 24.1. The maximum absolute atomic E-state index is 12.8. The van der Waals surface area contributed by atoms with Crippen LogP contribution >= 0.6 is 0 Å². The monoisotopic (exact) mass is 439 g/mol. The summed E-state index contributed by atoms with van der Waals surface area (Å²) >= 11 is 0. The van der Waals surface area contributed by atoms with Crippen molar-refractivity contribution in [1.29, 1.82) is 0 Å². The summed E-state index contributed by atoms with van der Waals surface area (Å²) in [6.45, 7) is 2.10. The van der Waals surface area contributed by atoms with Crippen molar-refractivity contribution in [3.63, 3.8) is 0 Å². The van der Waals surface area contributed by atoms with Gasteiger partial charge >= 0.3 is 0 Å². The Morgan fingerprint density at radius 1 is 0.939 bits per heavy atom. The van der Waals surface area contributed by atoms with E-state index in [-0.39, 0.29) is 12.4 Å². The summed E-state index contributed by atoms with van der Waals surface area (Å²) in [7, 11) is 1.63. The van der Waals surface area contributed by atoms with Gasteiger partial charge in [0.05, 0.1) is 7.11 Å². The number of aryl methyl sites for hydroxylation is 1. The van der Waals surface area contributed by atoms with Crippen LogP contribution in [0, 0.1) is 6.92 Å². The van der Waals surface area contributed by atoms with Crippen LogP contribution in [0.3, 0.4) is 0 Å². The number of hydrogen-bond acceptors (Lipinski definition) is 6. The van der Waals surface area contributed by atoms with Crippen molar-refractivity contribution in [2.75, 3.05) is 7.11 Å². The van der Waals surface area contributed by atoms with Crippen LogP contribution < -0.4 is 9.47 Å². The topological polar surface area (TPSA) is 74.7 Å². The number of carbonyl (C=O) groups is 1. The summed E-state index contributed by atoms with van der Waals surface area (Å²) < 4.78 is 22.4. The van der Waals surface area contributed by atoms with E-state index in [1.165, 1.54) is 0 Å². The van der Waals surface area contributed by atoms with Crippen LogP contribution in [0.25, 0.3) is 22.2 Å². The Hall–Kier alpha value is -4.32. The average molecular weight is 439 g/mol. The van der Waals surface area contributed by atoms with Crippen LogP contribution in [0.5, 0.6) is 11.5 Å². The van der Waals surface area contributed by atoms with Gasteiger partial charge in [-0.05, 0) is 43.3 Å². The van der Waals surface area contributed by atoms with Gasteiger partial charge in [0.15, 0.2) is 11.5 Å². The fraction of sp³-hybridized carbons (Fsp3) is 0.111. The van der Waals surface area contributed by atoms with Gasteiger partial charge in [0, 0.05) is 34.2 Å². The molecule has 0 radical (unpaired) electrons. The van der Waals surface area contributed by atoms with Gasteiger partial charge in [-0.3, -0.25) is 4.79 Å². The molecule has 0 fully saturated rings. The zero-order valence-electron chi connectivity index (χ0n) is 18.2. The number of furan rings is 1. The largest absolute Gasteiger partial charge is 0.497 e. The van der Waals surface area contributed by atoms with Gasteiger partial charge in [0.25, 0.3) is 0 Å². The Balaban J connectivity index is 1.32. The third-order valence-corrected chi connectivity index (χ3v) is 5.48. The van der Waals surface area contributed by atoms with E-state index < -0.39 is 0 Å². The molecule has 6 heteroatoms. The molecule has 6 nitrogen and oxygen atoms in total. The molecule has 0 unspecified atom stereocenters. The number of ketones is 1. The second-order valence-electron chi connectivity index (χ2n) is 7.60. The third kappa shape index (κ3) is 4.11. The number of aromatic nitrogens is 1. The van der Waals surface area contributed by atoms with E-state index in [0.29, 0.717) is 28.4 Å². The first-order chi connectivity index (χ1) is 16.1. The first-order valence-corrected chi connectivity index (χ1v) is 10.5. The molecule has 0 saturated heterocycles. The van der Waals surface area contributed by atoms with Crippen LogP contribution in [-0.2, 0) is 6.61 Å². The van der Waals surface area contributed by atoms with Crippen LogP contribution in [-0.4, -0.2) is 18.0 Å². The van der Waals surface area contributed by atoms with Gasteiger partial charge in [-0.1, -0.05) is 35.5 Å². The lowest BCUT2D eigenvalue weighted by Crippen LogP contribution is -2.00. The van der Waals surface area contributed by atoms with E-state index in [1.54, 1.807) is 25.3 Å². The molecule has 0 aliphatic heterocycles. The van der Waals surface area contributed by atoms with Crippen molar-refractivity contribution < 1.29 is 23.2 Å². The fourth-order valence-electron chi connectivity index (χ4n) is 3.67. The number of benzene rings is 3. The molecule has 164 valence electrons. The van der Waals surface area contributed by atoms with E-state index in [4.69, 9.17) is 18.4 Å². The van der Waals surface area contributed by atoms with Crippen molar-refractivity contribution >= 4 is 16.8 Å². The summed E-state index contributed by atoms with van der Waals surface area (Å²) in [6.07, 6.45) is 0. The van der Waals surface area contributed by atoms with Crippen LogP contribution in [0.2, 0.25) is 0 Å². The molecule has 0 bridgehead atoms. The molecule has 0 atom stereocenters. The molecule has 2 heterocycles.